The number of rotatable bonds is 6. The van der Waals surface area contributed by atoms with Crippen LogP contribution in [-0.2, 0) is 20.9 Å². The van der Waals surface area contributed by atoms with Crippen LogP contribution >= 0.6 is 11.6 Å². The number of likely N-dealkylation sites (tertiary alicyclic amines) is 1. The Morgan fingerprint density at radius 1 is 0.892 bits per heavy atom. The fourth-order valence-electron chi connectivity index (χ4n) is 5.52. The molecule has 2 saturated heterocycles. The lowest BCUT2D eigenvalue weighted by atomic mass is 9.88. The summed E-state index contributed by atoms with van der Waals surface area (Å²) in [5.74, 6) is -2.07. The first kappa shape index (κ1) is 24.8. The van der Waals surface area contributed by atoms with Gasteiger partial charge in [-0.25, -0.2) is 9.59 Å². The molecule has 0 saturated carbocycles. The molecule has 2 fully saturated rings. The van der Waals surface area contributed by atoms with Crippen LogP contribution in [0.2, 0.25) is 5.02 Å². The Bertz CT molecular complexity index is 1250. The van der Waals surface area contributed by atoms with Crippen molar-refractivity contribution in [3.8, 4) is 0 Å². The summed E-state index contributed by atoms with van der Waals surface area (Å²) in [4.78, 5) is 42.7. The van der Waals surface area contributed by atoms with Gasteiger partial charge in [0.05, 0.1) is 18.0 Å². The van der Waals surface area contributed by atoms with Gasteiger partial charge >= 0.3 is 12.1 Å². The lowest BCUT2D eigenvalue weighted by Gasteiger charge is -2.45. The van der Waals surface area contributed by atoms with Gasteiger partial charge in [-0.05, 0) is 30.0 Å². The highest BCUT2D eigenvalue weighted by Crippen LogP contribution is 2.38. The number of ether oxygens (including phenoxy) is 1. The van der Waals surface area contributed by atoms with Gasteiger partial charge in [-0.3, -0.25) is 9.69 Å². The maximum Gasteiger partial charge on any atom is 0.410 e. The zero-order valence-corrected chi connectivity index (χ0v) is 20.8. The molecule has 0 aliphatic carbocycles. The van der Waals surface area contributed by atoms with Gasteiger partial charge < -0.3 is 14.7 Å². The predicted octanol–water partition coefficient (Wildman–Crippen LogP) is 4.94. The minimum Gasteiger partial charge on any atom is -0.480 e. The quantitative estimate of drug-likeness (QED) is 0.499. The highest BCUT2D eigenvalue weighted by Gasteiger charge is 2.54. The zero-order chi connectivity index (χ0) is 25.9. The third-order valence-electron chi connectivity index (χ3n) is 7.22. The molecule has 2 amide bonds. The van der Waals surface area contributed by atoms with Crippen LogP contribution in [0.25, 0.3) is 0 Å². The van der Waals surface area contributed by atoms with Gasteiger partial charge in [0.15, 0.2) is 0 Å². The molecule has 37 heavy (non-hydrogen) atoms. The van der Waals surface area contributed by atoms with Gasteiger partial charge in [0, 0.05) is 17.1 Å². The van der Waals surface area contributed by atoms with Crippen molar-refractivity contribution >= 4 is 29.6 Å². The highest BCUT2D eigenvalue weighted by atomic mass is 35.5. The summed E-state index contributed by atoms with van der Waals surface area (Å²) in [6.07, 6.45) is 0.489. The molecule has 0 radical (unpaired) electrons. The predicted molar refractivity (Wildman–Crippen MR) is 138 cm³/mol. The minimum absolute atomic E-state index is 0.0150. The lowest BCUT2D eigenvalue weighted by molar-refractivity contribution is -0.156. The van der Waals surface area contributed by atoms with Crippen molar-refractivity contribution in [1.82, 2.24) is 9.80 Å². The fraction of sp³-hybridized carbons (Fsp3) is 0.276. The number of piperazine rings is 1. The molecule has 3 atom stereocenters. The fourth-order valence-corrected chi connectivity index (χ4v) is 5.71. The van der Waals surface area contributed by atoms with Crippen LogP contribution in [0.15, 0.2) is 84.9 Å². The summed E-state index contributed by atoms with van der Waals surface area (Å²) in [6.45, 7) is 0.114. The van der Waals surface area contributed by atoms with Crippen molar-refractivity contribution < 1.29 is 24.2 Å². The molecule has 8 heteroatoms. The number of carbonyl (C=O) groups excluding carboxylic acids is 2. The van der Waals surface area contributed by atoms with E-state index in [9.17, 15) is 19.5 Å². The second kappa shape index (κ2) is 10.6. The van der Waals surface area contributed by atoms with Crippen LogP contribution in [0.1, 0.15) is 35.4 Å². The highest BCUT2D eigenvalue weighted by molar-refractivity contribution is 6.31. The van der Waals surface area contributed by atoms with Gasteiger partial charge in [0.25, 0.3) is 0 Å². The molecule has 1 N–H and O–H groups in total. The van der Waals surface area contributed by atoms with E-state index in [2.05, 4.69) is 0 Å². The summed E-state index contributed by atoms with van der Waals surface area (Å²) in [5.41, 5.74) is 2.25. The number of nitrogens with zero attached hydrogens (tertiary/aromatic N) is 2. The van der Waals surface area contributed by atoms with Gasteiger partial charge in [-0.2, -0.15) is 0 Å². The summed E-state index contributed by atoms with van der Waals surface area (Å²) in [7, 11) is 0. The average Bonchev–Trinajstić information content (AvgIpc) is 3.21. The number of carbonyl (C=O) groups is 3. The van der Waals surface area contributed by atoms with Crippen LogP contribution in [0.5, 0.6) is 0 Å². The summed E-state index contributed by atoms with van der Waals surface area (Å²) in [6, 6.07) is 23.6. The molecule has 5 rings (SSSR count). The minimum atomic E-state index is -1.17. The zero-order valence-electron chi connectivity index (χ0n) is 20.1. The molecular weight excluding hydrogens is 492 g/mol. The third kappa shape index (κ3) is 4.91. The lowest BCUT2D eigenvalue weighted by Crippen LogP contribution is -2.65. The second-order valence-electron chi connectivity index (χ2n) is 9.38. The van der Waals surface area contributed by atoms with Crippen molar-refractivity contribution in [2.75, 3.05) is 6.54 Å². The monoisotopic (exact) mass is 518 g/mol. The molecule has 0 spiro atoms. The number of carboxylic acids is 1. The molecule has 7 nitrogen and oxygen atoms in total. The Kier molecular flexibility index (Phi) is 7.15. The van der Waals surface area contributed by atoms with Gasteiger partial charge in [-0.1, -0.05) is 90.5 Å². The normalized spacial score (nSPS) is 20.6. The maximum atomic E-state index is 14.1. The van der Waals surface area contributed by atoms with Crippen molar-refractivity contribution in [2.24, 2.45) is 0 Å². The standard InChI is InChI=1S/C29H27ClN2O5/c30-23-14-8-7-13-21(23)18-37-29(36)32-22-15-16-24(32)26(28(34)35)31(17-22)27(33)25(19-9-3-1-4-10-19)20-11-5-2-6-12-20/h1-14,22,24-26H,15-18H2,(H,34,35)/t22-,24+,26-/m0/s1. The Balaban J connectivity index is 1.41. The summed E-state index contributed by atoms with van der Waals surface area (Å²) in [5, 5.41) is 10.7. The van der Waals surface area contributed by atoms with Gasteiger partial charge in [0.2, 0.25) is 5.91 Å². The van der Waals surface area contributed by atoms with E-state index >= 15 is 0 Å². The van der Waals surface area contributed by atoms with E-state index in [-0.39, 0.29) is 25.1 Å². The Hall–Kier alpha value is -3.84. The molecular formula is C29H27ClN2O5. The first-order valence-electron chi connectivity index (χ1n) is 12.3. The SMILES string of the molecule is O=C(O)[C@@H]1[C@H]2CC[C@@H](CN1C(=O)C(c1ccccc1)c1ccccc1)N2C(=O)OCc1ccccc1Cl. The smallest absolute Gasteiger partial charge is 0.410 e. The number of hydrogen-bond acceptors (Lipinski definition) is 4. The molecule has 2 heterocycles. The second-order valence-corrected chi connectivity index (χ2v) is 9.79. The van der Waals surface area contributed by atoms with E-state index in [1.807, 2.05) is 60.7 Å². The topological polar surface area (TPSA) is 87.2 Å². The van der Waals surface area contributed by atoms with E-state index in [0.29, 0.717) is 23.4 Å². The van der Waals surface area contributed by atoms with Crippen LogP contribution in [-0.4, -0.2) is 57.5 Å². The Morgan fingerprint density at radius 2 is 1.49 bits per heavy atom. The Labute approximate surface area is 220 Å². The first-order chi connectivity index (χ1) is 18.0. The van der Waals surface area contributed by atoms with Crippen molar-refractivity contribution in [2.45, 2.75) is 43.5 Å². The van der Waals surface area contributed by atoms with Crippen LogP contribution < -0.4 is 0 Å². The van der Waals surface area contributed by atoms with Crippen molar-refractivity contribution in [1.29, 1.82) is 0 Å². The van der Waals surface area contributed by atoms with Crippen LogP contribution in [0, 0.1) is 0 Å². The van der Waals surface area contributed by atoms with Crippen molar-refractivity contribution in [3.63, 3.8) is 0 Å². The number of aliphatic carboxylic acids is 1. The van der Waals surface area contributed by atoms with E-state index in [0.717, 1.165) is 11.1 Å². The van der Waals surface area contributed by atoms with Gasteiger partial charge in [0.1, 0.15) is 12.6 Å². The molecule has 3 aromatic rings. The van der Waals surface area contributed by atoms with Crippen LogP contribution in [0.4, 0.5) is 4.79 Å². The molecule has 3 aromatic carbocycles. The number of amides is 2. The third-order valence-corrected chi connectivity index (χ3v) is 7.59. The molecule has 0 aromatic heterocycles. The van der Waals surface area contributed by atoms with Gasteiger partial charge in [-0.15, -0.1) is 0 Å². The Morgan fingerprint density at radius 3 is 2.08 bits per heavy atom. The average molecular weight is 519 g/mol. The molecule has 2 aliphatic rings. The summed E-state index contributed by atoms with van der Waals surface area (Å²) < 4.78 is 5.55. The number of halogens is 1. The van der Waals surface area contributed by atoms with E-state index < -0.39 is 30.1 Å². The molecule has 190 valence electrons. The molecule has 0 unspecified atom stereocenters. The van der Waals surface area contributed by atoms with E-state index in [1.165, 1.54) is 9.80 Å². The number of hydrogen-bond donors (Lipinski definition) is 1. The molecule has 2 bridgehead atoms. The number of fused-ring (bicyclic) bond motifs is 2. The van der Waals surface area contributed by atoms with E-state index in [4.69, 9.17) is 16.3 Å². The van der Waals surface area contributed by atoms with Crippen molar-refractivity contribution in [3.05, 3.63) is 107 Å². The number of carboxylic acid groups (broad SMARTS) is 1. The largest absolute Gasteiger partial charge is 0.480 e. The number of benzene rings is 3. The molecule has 2 aliphatic heterocycles. The first-order valence-corrected chi connectivity index (χ1v) is 12.6. The summed E-state index contributed by atoms with van der Waals surface area (Å²) >= 11 is 6.19. The maximum absolute atomic E-state index is 14.1. The van der Waals surface area contributed by atoms with Crippen LogP contribution in [0.3, 0.4) is 0 Å². The van der Waals surface area contributed by atoms with E-state index in [1.54, 1.807) is 24.3 Å².